The van der Waals surface area contributed by atoms with E-state index >= 15 is 0 Å². The quantitative estimate of drug-likeness (QED) is 0.331. The molecule has 0 aromatic carbocycles. The number of likely N-dealkylation sites (N-methyl/N-ethyl adjacent to an activating group) is 1. The minimum Gasteiger partial charge on any atom is -0.411 e. The monoisotopic (exact) mass is 138 g/mol. The third-order valence-electron chi connectivity index (χ3n) is 1.43. The average Bonchev–Trinajstić information content (AvgIpc) is 1.94. The molecule has 1 aliphatic rings. The molecule has 0 bridgehead atoms. The molecule has 1 aliphatic heterocycles. The van der Waals surface area contributed by atoms with Gasteiger partial charge in [-0.1, -0.05) is 17.3 Å². The van der Waals surface area contributed by atoms with Gasteiger partial charge >= 0.3 is 0 Å². The predicted octanol–water partition coefficient (Wildman–Crippen LogP) is 0.830. The summed E-state index contributed by atoms with van der Waals surface area (Å²) in [7, 11) is 1.92. The Morgan fingerprint density at radius 1 is 1.60 bits per heavy atom. The molecule has 1 atom stereocenters. The fourth-order valence-corrected chi connectivity index (χ4v) is 0.822. The van der Waals surface area contributed by atoms with Crippen molar-refractivity contribution in [2.75, 3.05) is 7.05 Å². The summed E-state index contributed by atoms with van der Waals surface area (Å²) in [5, 5.41) is 11.2. The van der Waals surface area contributed by atoms with E-state index in [1.54, 1.807) is 0 Å². The molecule has 54 valence electrons. The molecule has 0 aliphatic carbocycles. The third kappa shape index (κ3) is 1.37. The lowest BCUT2D eigenvalue weighted by atomic mass is 10.2. The Morgan fingerprint density at radius 2 is 2.40 bits per heavy atom. The van der Waals surface area contributed by atoms with Gasteiger partial charge in [-0.05, 0) is 12.3 Å². The Labute approximate surface area is 59.9 Å². The van der Waals surface area contributed by atoms with Gasteiger partial charge in [0.1, 0.15) is 0 Å². The van der Waals surface area contributed by atoms with Crippen LogP contribution in [0.25, 0.3) is 0 Å². The van der Waals surface area contributed by atoms with Gasteiger partial charge in [0, 0.05) is 7.05 Å². The normalized spacial score (nSPS) is 24.5. The standard InChI is InChI=1S/C7H10N2O/c1-9-5-3-2-4-7(9)6-8-10/h2-7,10H,1H3/b8-6-. The maximum Gasteiger partial charge on any atom is 0.0855 e. The molecule has 0 aromatic heterocycles. The van der Waals surface area contributed by atoms with E-state index in [0.717, 1.165) is 0 Å². The fraction of sp³-hybridized carbons (Fsp3) is 0.286. The van der Waals surface area contributed by atoms with E-state index in [-0.39, 0.29) is 6.04 Å². The molecule has 1 heterocycles. The van der Waals surface area contributed by atoms with E-state index in [1.807, 2.05) is 36.4 Å². The second-order valence-electron chi connectivity index (χ2n) is 2.15. The summed E-state index contributed by atoms with van der Waals surface area (Å²) in [4.78, 5) is 1.94. The van der Waals surface area contributed by atoms with Crippen LogP contribution in [0.3, 0.4) is 0 Å². The molecule has 0 spiro atoms. The first-order valence-electron chi connectivity index (χ1n) is 3.09. The second kappa shape index (κ2) is 3.06. The Bertz CT molecular complexity index is 184. The van der Waals surface area contributed by atoms with Crippen molar-refractivity contribution >= 4 is 6.21 Å². The van der Waals surface area contributed by atoms with E-state index in [1.165, 1.54) is 6.21 Å². The predicted molar refractivity (Wildman–Crippen MR) is 40.1 cm³/mol. The molecule has 3 nitrogen and oxygen atoms in total. The van der Waals surface area contributed by atoms with Gasteiger partial charge in [0.25, 0.3) is 0 Å². The van der Waals surface area contributed by atoms with Crippen molar-refractivity contribution in [2.45, 2.75) is 6.04 Å². The Morgan fingerprint density at radius 3 is 3.00 bits per heavy atom. The smallest absolute Gasteiger partial charge is 0.0855 e. The largest absolute Gasteiger partial charge is 0.411 e. The van der Waals surface area contributed by atoms with Gasteiger partial charge in [0.2, 0.25) is 0 Å². The molecule has 1 rings (SSSR count). The molecular weight excluding hydrogens is 128 g/mol. The van der Waals surface area contributed by atoms with E-state index < -0.39 is 0 Å². The zero-order valence-corrected chi connectivity index (χ0v) is 5.81. The van der Waals surface area contributed by atoms with Gasteiger partial charge in [-0.2, -0.15) is 0 Å². The van der Waals surface area contributed by atoms with Crippen LogP contribution in [-0.4, -0.2) is 29.4 Å². The Kier molecular flexibility index (Phi) is 2.10. The maximum absolute atomic E-state index is 8.22. The molecule has 1 N–H and O–H groups in total. The van der Waals surface area contributed by atoms with Crippen LogP contribution in [0.5, 0.6) is 0 Å². The number of oxime groups is 1. The van der Waals surface area contributed by atoms with Crippen molar-refractivity contribution < 1.29 is 5.21 Å². The molecule has 10 heavy (non-hydrogen) atoms. The molecule has 3 heteroatoms. The van der Waals surface area contributed by atoms with Crippen LogP contribution in [0.4, 0.5) is 0 Å². The highest BCUT2D eigenvalue weighted by atomic mass is 16.4. The van der Waals surface area contributed by atoms with Crippen molar-refractivity contribution in [1.29, 1.82) is 0 Å². The van der Waals surface area contributed by atoms with Crippen LogP contribution < -0.4 is 0 Å². The minimum absolute atomic E-state index is 0.0926. The van der Waals surface area contributed by atoms with Gasteiger partial charge in [0.15, 0.2) is 0 Å². The molecule has 1 unspecified atom stereocenters. The van der Waals surface area contributed by atoms with Crippen molar-refractivity contribution in [1.82, 2.24) is 4.90 Å². The number of nitrogens with zero attached hydrogens (tertiary/aromatic N) is 2. The Hall–Kier alpha value is -1.25. The maximum atomic E-state index is 8.22. The minimum atomic E-state index is 0.0926. The lowest BCUT2D eigenvalue weighted by molar-refractivity contribution is 0.316. The zero-order valence-electron chi connectivity index (χ0n) is 5.81. The second-order valence-corrected chi connectivity index (χ2v) is 2.15. The van der Waals surface area contributed by atoms with E-state index in [0.29, 0.717) is 0 Å². The molecule has 0 amide bonds. The van der Waals surface area contributed by atoms with Crippen LogP contribution in [0.2, 0.25) is 0 Å². The third-order valence-corrected chi connectivity index (χ3v) is 1.43. The zero-order chi connectivity index (χ0) is 7.40. The molecule has 0 radical (unpaired) electrons. The van der Waals surface area contributed by atoms with E-state index in [9.17, 15) is 0 Å². The van der Waals surface area contributed by atoms with Crippen molar-refractivity contribution in [3.8, 4) is 0 Å². The molecule has 0 aromatic rings. The fourth-order valence-electron chi connectivity index (χ4n) is 0.822. The number of rotatable bonds is 1. The summed E-state index contributed by atoms with van der Waals surface area (Å²) in [5.41, 5.74) is 0. The number of hydrogen-bond acceptors (Lipinski definition) is 3. The SMILES string of the molecule is CN1C=CC=CC1/C=N\O. The lowest BCUT2D eigenvalue weighted by Gasteiger charge is -2.21. The molecular formula is C7H10N2O. The van der Waals surface area contributed by atoms with Crippen molar-refractivity contribution in [3.05, 3.63) is 24.4 Å². The Balaban J connectivity index is 2.61. The van der Waals surface area contributed by atoms with E-state index in [2.05, 4.69) is 5.16 Å². The van der Waals surface area contributed by atoms with E-state index in [4.69, 9.17) is 5.21 Å². The van der Waals surface area contributed by atoms with Crippen molar-refractivity contribution in [2.24, 2.45) is 5.16 Å². The van der Waals surface area contributed by atoms with Gasteiger partial charge in [-0.15, -0.1) is 0 Å². The van der Waals surface area contributed by atoms with Crippen LogP contribution in [0.15, 0.2) is 29.6 Å². The highest BCUT2D eigenvalue weighted by Gasteiger charge is 2.05. The van der Waals surface area contributed by atoms with Gasteiger partial charge in [-0.25, -0.2) is 0 Å². The van der Waals surface area contributed by atoms with Crippen LogP contribution in [0.1, 0.15) is 0 Å². The highest BCUT2D eigenvalue weighted by molar-refractivity contribution is 5.67. The molecule has 0 saturated carbocycles. The molecule has 0 fully saturated rings. The summed E-state index contributed by atoms with van der Waals surface area (Å²) < 4.78 is 0. The topological polar surface area (TPSA) is 35.8 Å². The summed E-state index contributed by atoms with van der Waals surface area (Å²) in [6.45, 7) is 0. The van der Waals surface area contributed by atoms with Crippen LogP contribution >= 0.6 is 0 Å². The average molecular weight is 138 g/mol. The van der Waals surface area contributed by atoms with Gasteiger partial charge < -0.3 is 10.1 Å². The highest BCUT2D eigenvalue weighted by Crippen LogP contribution is 2.02. The van der Waals surface area contributed by atoms with Crippen LogP contribution in [-0.2, 0) is 0 Å². The number of hydrogen-bond donors (Lipinski definition) is 1. The van der Waals surface area contributed by atoms with Gasteiger partial charge in [-0.3, -0.25) is 0 Å². The summed E-state index contributed by atoms with van der Waals surface area (Å²) in [6.07, 6.45) is 9.19. The first-order chi connectivity index (χ1) is 4.84. The first-order valence-corrected chi connectivity index (χ1v) is 3.09. The summed E-state index contributed by atoms with van der Waals surface area (Å²) in [5.74, 6) is 0. The summed E-state index contributed by atoms with van der Waals surface area (Å²) >= 11 is 0. The molecule has 0 saturated heterocycles. The lowest BCUT2D eigenvalue weighted by Crippen LogP contribution is -2.27. The van der Waals surface area contributed by atoms with Gasteiger partial charge in [0.05, 0.1) is 12.3 Å². The van der Waals surface area contributed by atoms with Crippen molar-refractivity contribution in [3.63, 3.8) is 0 Å². The number of allylic oxidation sites excluding steroid dienone is 2. The summed E-state index contributed by atoms with van der Waals surface area (Å²) in [6, 6.07) is 0.0926. The first kappa shape index (κ1) is 6.86. The van der Waals surface area contributed by atoms with Crippen LogP contribution in [0, 0.1) is 0 Å².